The number of rotatable bonds is 7. The Morgan fingerprint density at radius 2 is 1.68 bits per heavy atom. The van der Waals surface area contributed by atoms with Crippen LogP contribution in [0, 0.1) is 0 Å². The molecule has 3 rings (SSSR count). The number of nitrogens with two attached hydrogens (primary N) is 1. The number of nitrogens with one attached hydrogen (secondary N) is 1. The SMILES string of the molecule is CS(=O)(=O)C1CC(C(N)=O)N(C(=O)CNC(=O)c2ccc(Oc3ccccc3)cc2)C1. The molecule has 2 aromatic rings. The molecule has 31 heavy (non-hydrogen) atoms. The molecule has 9 nitrogen and oxygen atoms in total. The third-order valence-corrected chi connectivity index (χ3v) is 6.57. The molecule has 10 heteroatoms. The van der Waals surface area contributed by atoms with Gasteiger partial charge in [-0.25, -0.2) is 8.42 Å². The largest absolute Gasteiger partial charge is 0.457 e. The summed E-state index contributed by atoms with van der Waals surface area (Å²) in [5, 5.41) is 1.63. The summed E-state index contributed by atoms with van der Waals surface area (Å²) in [6.45, 7) is -0.520. The molecular weight excluding hydrogens is 422 g/mol. The maximum Gasteiger partial charge on any atom is 0.251 e. The second kappa shape index (κ2) is 9.17. The molecule has 164 valence electrons. The fraction of sp³-hybridized carbons (Fsp3) is 0.286. The Morgan fingerprint density at radius 3 is 2.26 bits per heavy atom. The number of carbonyl (C=O) groups excluding carboxylic acids is 3. The van der Waals surface area contributed by atoms with Crippen molar-refractivity contribution in [3.8, 4) is 11.5 Å². The fourth-order valence-electron chi connectivity index (χ4n) is 3.31. The van der Waals surface area contributed by atoms with Crippen molar-refractivity contribution in [2.45, 2.75) is 17.7 Å². The molecule has 2 unspecified atom stereocenters. The van der Waals surface area contributed by atoms with Gasteiger partial charge in [-0.1, -0.05) is 18.2 Å². The van der Waals surface area contributed by atoms with Crippen molar-refractivity contribution in [2.75, 3.05) is 19.3 Å². The Morgan fingerprint density at radius 1 is 1.06 bits per heavy atom. The zero-order chi connectivity index (χ0) is 22.6. The summed E-state index contributed by atoms with van der Waals surface area (Å²) in [5.41, 5.74) is 5.64. The van der Waals surface area contributed by atoms with Gasteiger partial charge >= 0.3 is 0 Å². The molecule has 0 aliphatic carbocycles. The van der Waals surface area contributed by atoms with Crippen molar-refractivity contribution >= 4 is 27.6 Å². The number of hydrogen-bond donors (Lipinski definition) is 2. The van der Waals surface area contributed by atoms with E-state index in [2.05, 4.69) is 5.32 Å². The van der Waals surface area contributed by atoms with Gasteiger partial charge < -0.3 is 20.7 Å². The van der Waals surface area contributed by atoms with Gasteiger partial charge in [0.1, 0.15) is 17.5 Å². The summed E-state index contributed by atoms with van der Waals surface area (Å²) in [7, 11) is -3.44. The highest BCUT2D eigenvalue weighted by molar-refractivity contribution is 7.91. The number of carbonyl (C=O) groups is 3. The van der Waals surface area contributed by atoms with Gasteiger partial charge in [0, 0.05) is 18.4 Å². The van der Waals surface area contributed by atoms with Crippen LogP contribution in [0.1, 0.15) is 16.8 Å². The number of hydrogen-bond acceptors (Lipinski definition) is 6. The summed E-state index contributed by atoms with van der Waals surface area (Å²) in [6, 6.07) is 14.5. The molecule has 1 aliphatic rings. The molecule has 1 aliphatic heterocycles. The minimum Gasteiger partial charge on any atom is -0.457 e. The highest BCUT2D eigenvalue weighted by Gasteiger charge is 2.42. The van der Waals surface area contributed by atoms with Gasteiger partial charge in [0.15, 0.2) is 9.84 Å². The van der Waals surface area contributed by atoms with Crippen LogP contribution < -0.4 is 15.8 Å². The van der Waals surface area contributed by atoms with Gasteiger partial charge in [0.25, 0.3) is 5.91 Å². The summed E-state index contributed by atoms with van der Waals surface area (Å²) in [4.78, 5) is 37.6. The van der Waals surface area contributed by atoms with Crippen LogP contribution in [0.3, 0.4) is 0 Å². The van der Waals surface area contributed by atoms with E-state index in [1.54, 1.807) is 36.4 Å². The van der Waals surface area contributed by atoms with E-state index in [0.717, 1.165) is 11.2 Å². The molecule has 1 heterocycles. The van der Waals surface area contributed by atoms with Crippen molar-refractivity contribution < 1.29 is 27.5 Å². The number of para-hydroxylation sites is 1. The molecule has 0 radical (unpaired) electrons. The number of benzene rings is 2. The lowest BCUT2D eigenvalue weighted by Gasteiger charge is -2.22. The minimum absolute atomic E-state index is 0.0449. The monoisotopic (exact) mass is 445 g/mol. The number of nitrogens with zero attached hydrogens (tertiary/aromatic N) is 1. The van der Waals surface area contributed by atoms with Gasteiger partial charge in [-0.2, -0.15) is 0 Å². The van der Waals surface area contributed by atoms with Crippen molar-refractivity contribution in [2.24, 2.45) is 5.73 Å². The van der Waals surface area contributed by atoms with E-state index in [-0.39, 0.29) is 19.5 Å². The molecule has 0 spiro atoms. The average Bonchev–Trinajstić information content (AvgIpc) is 3.20. The summed E-state index contributed by atoms with van der Waals surface area (Å²) < 4.78 is 29.3. The van der Waals surface area contributed by atoms with Gasteiger partial charge in [-0.15, -0.1) is 0 Å². The average molecular weight is 445 g/mol. The van der Waals surface area contributed by atoms with Gasteiger partial charge in [-0.3, -0.25) is 14.4 Å². The first-order valence-corrected chi connectivity index (χ1v) is 11.5. The van der Waals surface area contributed by atoms with Gasteiger partial charge in [-0.05, 0) is 42.8 Å². The molecule has 2 atom stereocenters. The third-order valence-electron chi connectivity index (χ3n) is 5.01. The number of sulfone groups is 1. The highest BCUT2D eigenvalue weighted by Crippen LogP contribution is 2.23. The molecular formula is C21H23N3O6S. The predicted molar refractivity (Wildman–Crippen MR) is 113 cm³/mol. The van der Waals surface area contributed by atoms with Crippen LogP contribution in [0.4, 0.5) is 0 Å². The van der Waals surface area contributed by atoms with E-state index in [9.17, 15) is 22.8 Å². The Labute approximate surface area is 180 Å². The van der Waals surface area contributed by atoms with Crippen LogP contribution in [0.25, 0.3) is 0 Å². The topological polar surface area (TPSA) is 136 Å². The summed E-state index contributed by atoms with van der Waals surface area (Å²) >= 11 is 0. The van der Waals surface area contributed by atoms with E-state index in [1.807, 2.05) is 18.2 Å². The van der Waals surface area contributed by atoms with Crippen LogP contribution >= 0.6 is 0 Å². The normalized spacial score (nSPS) is 18.4. The van der Waals surface area contributed by atoms with Crippen molar-refractivity contribution in [1.82, 2.24) is 10.2 Å². The zero-order valence-electron chi connectivity index (χ0n) is 16.9. The van der Waals surface area contributed by atoms with Crippen LogP contribution in [-0.4, -0.2) is 61.7 Å². The zero-order valence-corrected chi connectivity index (χ0v) is 17.7. The van der Waals surface area contributed by atoms with Crippen molar-refractivity contribution in [3.63, 3.8) is 0 Å². The standard InChI is InChI=1S/C21H23N3O6S/c1-31(28,29)17-11-18(20(22)26)24(13-17)19(25)12-23-21(27)14-7-9-16(10-8-14)30-15-5-3-2-4-6-15/h2-10,17-18H,11-13H2,1H3,(H2,22,26)(H,23,27). The highest BCUT2D eigenvalue weighted by atomic mass is 32.2. The second-order valence-electron chi connectivity index (χ2n) is 7.27. The van der Waals surface area contributed by atoms with E-state index < -0.39 is 38.9 Å². The number of likely N-dealkylation sites (tertiary alicyclic amines) is 1. The molecule has 3 amide bonds. The Kier molecular flexibility index (Phi) is 6.59. The van der Waals surface area contributed by atoms with Gasteiger partial charge in [0.05, 0.1) is 11.8 Å². The van der Waals surface area contributed by atoms with E-state index >= 15 is 0 Å². The maximum absolute atomic E-state index is 12.5. The molecule has 3 N–H and O–H groups in total. The number of amides is 3. The first-order chi connectivity index (χ1) is 14.6. The lowest BCUT2D eigenvalue weighted by atomic mass is 10.2. The number of ether oxygens (including phenoxy) is 1. The minimum atomic E-state index is -3.44. The Hall–Kier alpha value is -3.40. The summed E-state index contributed by atoms with van der Waals surface area (Å²) in [5.74, 6) is -0.638. The number of primary amides is 1. The third kappa shape index (κ3) is 5.60. The predicted octanol–water partition coefficient (Wildman–Crippen LogP) is 0.708. The van der Waals surface area contributed by atoms with Crippen LogP contribution in [-0.2, 0) is 19.4 Å². The fourth-order valence-corrected chi connectivity index (χ4v) is 4.27. The summed E-state index contributed by atoms with van der Waals surface area (Å²) in [6.07, 6.45) is 1.01. The van der Waals surface area contributed by atoms with Crippen LogP contribution in [0.15, 0.2) is 54.6 Å². The maximum atomic E-state index is 12.5. The van der Waals surface area contributed by atoms with E-state index in [4.69, 9.17) is 10.5 Å². The van der Waals surface area contributed by atoms with Gasteiger partial charge in [0.2, 0.25) is 11.8 Å². The quantitative estimate of drug-likeness (QED) is 0.644. The molecule has 0 saturated carbocycles. The first-order valence-electron chi connectivity index (χ1n) is 9.54. The molecule has 1 fully saturated rings. The van der Waals surface area contributed by atoms with E-state index in [1.165, 1.54) is 0 Å². The smallest absolute Gasteiger partial charge is 0.251 e. The molecule has 0 aromatic heterocycles. The first kappa shape index (κ1) is 22.3. The Balaban J connectivity index is 1.58. The molecule has 0 bridgehead atoms. The Bertz CT molecular complexity index is 1070. The van der Waals surface area contributed by atoms with Crippen molar-refractivity contribution in [3.05, 3.63) is 60.2 Å². The van der Waals surface area contributed by atoms with Crippen LogP contribution in [0.5, 0.6) is 11.5 Å². The molecule has 2 aromatic carbocycles. The van der Waals surface area contributed by atoms with E-state index in [0.29, 0.717) is 17.1 Å². The van der Waals surface area contributed by atoms with Crippen molar-refractivity contribution in [1.29, 1.82) is 0 Å². The molecule has 1 saturated heterocycles. The lowest BCUT2D eigenvalue weighted by Crippen LogP contribution is -2.47. The van der Waals surface area contributed by atoms with Crippen LogP contribution in [0.2, 0.25) is 0 Å². The lowest BCUT2D eigenvalue weighted by molar-refractivity contribution is -0.136. The second-order valence-corrected chi connectivity index (χ2v) is 9.60.